The van der Waals surface area contributed by atoms with Crippen molar-refractivity contribution in [2.24, 2.45) is 0 Å². The van der Waals surface area contributed by atoms with Crippen LogP contribution in [-0.2, 0) is 29.2 Å². The third-order valence-electron chi connectivity index (χ3n) is 5.65. The highest BCUT2D eigenvalue weighted by Crippen LogP contribution is 2.26. The molecule has 0 saturated carbocycles. The number of aromatic nitrogens is 1. The Hall–Kier alpha value is -2.48. The molecule has 0 radical (unpaired) electrons. The number of hydrogen-bond acceptors (Lipinski definition) is 6. The highest BCUT2D eigenvalue weighted by molar-refractivity contribution is 9.10. The van der Waals surface area contributed by atoms with Gasteiger partial charge < -0.3 is 9.15 Å². The lowest BCUT2D eigenvalue weighted by molar-refractivity contribution is -0.142. The van der Waals surface area contributed by atoms with Gasteiger partial charge in [-0.2, -0.15) is 0 Å². The van der Waals surface area contributed by atoms with Gasteiger partial charge in [-0.3, -0.25) is 19.6 Å². The van der Waals surface area contributed by atoms with Gasteiger partial charge in [0.05, 0.1) is 6.54 Å². The number of halogens is 1. The van der Waals surface area contributed by atoms with Crippen molar-refractivity contribution in [3.63, 3.8) is 0 Å². The molecule has 0 aliphatic carbocycles. The third kappa shape index (κ3) is 6.28. The number of esters is 1. The highest BCUT2D eigenvalue weighted by atomic mass is 79.9. The molecule has 0 atom stereocenters. The molecule has 168 valence electrons. The van der Waals surface area contributed by atoms with Crippen LogP contribution < -0.4 is 0 Å². The molecule has 7 heteroatoms. The second-order valence-electron chi connectivity index (χ2n) is 8.09. The van der Waals surface area contributed by atoms with Gasteiger partial charge in [-0.25, -0.2) is 0 Å². The smallest absolute Gasteiger partial charge is 0.303 e. The van der Waals surface area contributed by atoms with Crippen LogP contribution in [0.2, 0.25) is 0 Å². The maximum absolute atomic E-state index is 11.0. The maximum atomic E-state index is 11.0. The van der Waals surface area contributed by atoms with Crippen LogP contribution in [0.3, 0.4) is 0 Å². The van der Waals surface area contributed by atoms with Crippen molar-refractivity contribution in [3.8, 4) is 11.1 Å². The molecule has 0 N–H and O–H groups in total. The number of ether oxygens (including phenoxy) is 1. The zero-order chi connectivity index (χ0) is 22.3. The molecular weight excluding hydrogens is 470 g/mol. The summed E-state index contributed by atoms with van der Waals surface area (Å²) in [4.78, 5) is 20.3. The van der Waals surface area contributed by atoms with Crippen LogP contribution >= 0.6 is 15.9 Å². The van der Waals surface area contributed by atoms with Gasteiger partial charge in [0.2, 0.25) is 0 Å². The first-order valence-electron chi connectivity index (χ1n) is 10.9. The van der Waals surface area contributed by atoms with E-state index in [-0.39, 0.29) is 12.6 Å². The first kappa shape index (κ1) is 22.7. The van der Waals surface area contributed by atoms with Crippen molar-refractivity contribution in [3.05, 3.63) is 76.4 Å². The Balaban J connectivity index is 1.34. The highest BCUT2D eigenvalue weighted by Gasteiger charge is 2.18. The van der Waals surface area contributed by atoms with E-state index in [1.54, 1.807) is 0 Å². The molecule has 1 fully saturated rings. The molecule has 0 spiro atoms. The molecule has 3 aromatic rings. The largest absolute Gasteiger partial charge is 0.461 e. The lowest BCUT2D eigenvalue weighted by Gasteiger charge is -2.22. The topological polar surface area (TPSA) is 58.8 Å². The van der Waals surface area contributed by atoms with Crippen molar-refractivity contribution < 1.29 is 13.9 Å². The lowest BCUT2D eigenvalue weighted by Crippen LogP contribution is -2.30. The Labute approximate surface area is 197 Å². The average molecular weight is 498 g/mol. The van der Waals surface area contributed by atoms with Crippen LogP contribution in [0.5, 0.6) is 0 Å². The number of carbonyl (C=O) groups excluding carboxylic acids is 1. The minimum atomic E-state index is -0.299. The van der Waals surface area contributed by atoms with E-state index in [2.05, 4.69) is 61.0 Å². The van der Waals surface area contributed by atoms with Crippen molar-refractivity contribution >= 4 is 21.9 Å². The summed E-state index contributed by atoms with van der Waals surface area (Å²) in [6.45, 7) is 7.31. The van der Waals surface area contributed by atoms with E-state index in [1.165, 1.54) is 23.6 Å². The summed E-state index contributed by atoms with van der Waals surface area (Å²) in [5.41, 5.74) is 3.71. The van der Waals surface area contributed by atoms with E-state index in [4.69, 9.17) is 9.15 Å². The number of rotatable bonds is 7. The number of carbonyl (C=O) groups is 1. The quantitative estimate of drug-likeness (QED) is 0.433. The first-order valence-corrected chi connectivity index (χ1v) is 11.7. The molecule has 1 saturated heterocycles. The summed E-state index contributed by atoms with van der Waals surface area (Å²) in [6, 6.07) is 14.4. The van der Waals surface area contributed by atoms with E-state index in [1.807, 2.05) is 24.5 Å². The predicted octanol–water partition coefficient (Wildman–Crippen LogP) is 4.88. The maximum Gasteiger partial charge on any atom is 0.303 e. The molecule has 2 aromatic heterocycles. The zero-order valence-corrected chi connectivity index (χ0v) is 19.9. The standard InChI is InChI=1S/C25H28BrN3O3/c1-19(30)31-18-24-8-7-23(32-24)17-29-12-2-11-28(13-14-29)16-21-15-27-10-9-25(21)20-3-5-22(26)6-4-20/h3-10,15H,2,11-14,16-18H2,1H3. The van der Waals surface area contributed by atoms with E-state index >= 15 is 0 Å². The molecule has 0 unspecified atom stereocenters. The second-order valence-corrected chi connectivity index (χ2v) is 9.01. The van der Waals surface area contributed by atoms with Gasteiger partial charge in [-0.15, -0.1) is 0 Å². The van der Waals surface area contributed by atoms with Crippen molar-refractivity contribution in [1.82, 2.24) is 14.8 Å². The van der Waals surface area contributed by atoms with Crippen LogP contribution in [0, 0.1) is 0 Å². The SMILES string of the molecule is CC(=O)OCc1ccc(CN2CCCN(Cc3cnccc3-c3ccc(Br)cc3)CC2)o1. The van der Waals surface area contributed by atoms with Crippen molar-refractivity contribution in [1.29, 1.82) is 0 Å². The second kappa shape index (κ2) is 10.9. The molecule has 4 rings (SSSR count). The molecule has 1 aliphatic rings. The van der Waals surface area contributed by atoms with E-state index in [0.29, 0.717) is 5.76 Å². The minimum Gasteiger partial charge on any atom is -0.461 e. The van der Waals surface area contributed by atoms with Crippen LogP contribution in [0.1, 0.15) is 30.4 Å². The molecule has 1 aliphatic heterocycles. The van der Waals surface area contributed by atoms with Gasteiger partial charge in [0.15, 0.2) is 0 Å². The fourth-order valence-electron chi connectivity index (χ4n) is 4.02. The minimum absolute atomic E-state index is 0.189. The number of furan rings is 1. The third-order valence-corrected chi connectivity index (χ3v) is 6.18. The monoisotopic (exact) mass is 497 g/mol. The molecule has 6 nitrogen and oxygen atoms in total. The summed E-state index contributed by atoms with van der Waals surface area (Å²) >= 11 is 3.52. The van der Waals surface area contributed by atoms with Crippen LogP contribution in [0.4, 0.5) is 0 Å². The molecule has 0 amide bonds. The molecular formula is C25H28BrN3O3. The number of hydrogen-bond donors (Lipinski definition) is 0. The van der Waals surface area contributed by atoms with E-state index in [9.17, 15) is 4.79 Å². The van der Waals surface area contributed by atoms with Gasteiger partial charge in [0.1, 0.15) is 18.1 Å². The van der Waals surface area contributed by atoms with Crippen molar-refractivity contribution in [2.75, 3.05) is 26.2 Å². The van der Waals surface area contributed by atoms with Gasteiger partial charge in [0, 0.05) is 43.4 Å². The number of pyridine rings is 1. The van der Waals surface area contributed by atoms with Crippen molar-refractivity contribution in [2.45, 2.75) is 33.0 Å². The fourth-order valence-corrected chi connectivity index (χ4v) is 4.29. The molecule has 32 heavy (non-hydrogen) atoms. The van der Waals surface area contributed by atoms with Crippen LogP contribution in [0.25, 0.3) is 11.1 Å². The number of nitrogens with zero attached hydrogens (tertiary/aromatic N) is 3. The molecule has 1 aromatic carbocycles. The first-order chi connectivity index (χ1) is 15.6. The molecule has 0 bridgehead atoms. The Morgan fingerprint density at radius 1 is 1.00 bits per heavy atom. The summed E-state index contributed by atoms with van der Waals surface area (Å²) in [7, 11) is 0. The normalized spacial score (nSPS) is 15.4. The Kier molecular flexibility index (Phi) is 7.73. The van der Waals surface area contributed by atoms with Gasteiger partial charge >= 0.3 is 5.97 Å². The van der Waals surface area contributed by atoms with Gasteiger partial charge in [-0.1, -0.05) is 28.1 Å². The summed E-state index contributed by atoms with van der Waals surface area (Å²) in [5.74, 6) is 1.29. The van der Waals surface area contributed by atoms with Crippen LogP contribution in [0.15, 0.2) is 63.7 Å². The predicted molar refractivity (Wildman–Crippen MR) is 127 cm³/mol. The molecule has 3 heterocycles. The summed E-state index contributed by atoms with van der Waals surface area (Å²) in [6.07, 6.45) is 4.96. The van der Waals surface area contributed by atoms with E-state index < -0.39 is 0 Å². The van der Waals surface area contributed by atoms with Gasteiger partial charge in [-0.05, 0) is 66.5 Å². The lowest BCUT2D eigenvalue weighted by atomic mass is 10.0. The summed E-state index contributed by atoms with van der Waals surface area (Å²) in [5, 5.41) is 0. The Bertz CT molecular complexity index is 1030. The van der Waals surface area contributed by atoms with Crippen LogP contribution in [-0.4, -0.2) is 46.9 Å². The van der Waals surface area contributed by atoms with E-state index in [0.717, 1.165) is 55.9 Å². The van der Waals surface area contributed by atoms with Gasteiger partial charge in [0.25, 0.3) is 0 Å². The average Bonchev–Trinajstić information content (AvgIpc) is 3.12. The summed E-state index contributed by atoms with van der Waals surface area (Å²) < 4.78 is 11.9. The number of benzene rings is 1. The zero-order valence-electron chi connectivity index (χ0n) is 18.3. The Morgan fingerprint density at radius 3 is 2.47 bits per heavy atom. The Morgan fingerprint density at radius 2 is 1.72 bits per heavy atom. The fraction of sp³-hybridized carbons (Fsp3) is 0.360.